The number of nitrogens with two attached hydrogens (primary N) is 1. The number of hydrogen-bond donors (Lipinski definition) is 3. The van der Waals surface area contributed by atoms with Crippen molar-refractivity contribution in [3.63, 3.8) is 0 Å². The lowest BCUT2D eigenvalue weighted by Crippen LogP contribution is -2.20. The van der Waals surface area contributed by atoms with E-state index in [1.165, 1.54) is 12.1 Å². The molecule has 5 nitrogen and oxygen atoms in total. The summed E-state index contributed by atoms with van der Waals surface area (Å²) < 4.78 is 14.7. The van der Waals surface area contributed by atoms with Gasteiger partial charge in [-0.05, 0) is 52.9 Å². The van der Waals surface area contributed by atoms with Gasteiger partial charge in [0.25, 0.3) is 5.91 Å². The zero-order chi connectivity index (χ0) is 15.4. The van der Waals surface area contributed by atoms with Crippen molar-refractivity contribution < 1.29 is 14.4 Å². The van der Waals surface area contributed by atoms with Gasteiger partial charge in [0.05, 0.1) is 11.3 Å². The second-order valence-corrected chi connectivity index (χ2v) is 5.36. The maximum absolute atomic E-state index is 13.8. The quantitative estimate of drug-likeness (QED) is 0.244. The summed E-state index contributed by atoms with van der Waals surface area (Å²) in [5, 5.41) is 14.0. The van der Waals surface area contributed by atoms with E-state index in [-0.39, 0.29) is 11.3 Å². The second-order valence-electron chi connectivity index (χ2n) is 4.11. The number of carbonyl (C=O) groups excluding carboxylic acids is 1. The fraction of sp³-hybridized carbons (Fsp3) is 0. The predicted molar refractivity (Wildman–Crippen MR) is 86.0 cm³/mol. The number of halogens is 2. The molecule has 2 aromatic rings. The van der Waals surface area contributed by atoms with Gasteiger partial charge >= 0.3 is 0 Å². The van der Waals surface area contributed by atoms with Crippen LogP contribution in [0.4, 0.5) is 10.1 Å². The molecule has 0 aliphatic rings. The number of amidine groups is 1. The number of rotatable bonds is 3. The summed E-state index contributed by atoms with van der Waals surface area (Å²) in [4.78, 5) is 12.2. The Kier molecular flexibility index (Phi) is 4.73. The normalized spacial score (nSPS) is 11.2. The van der Waals surface area contributed by atoms with Gasteiger partial charge in [0.1, 0.15) is 5.82 Å². The lowest BCUT2D eigenvalue weighted by molar-refractivity contribution is 0.102. The Morgan fingerprint density at radius 3 is 2.67 bits per heavy atom. The molecule has 21 heavy (non-hydrogen) atoms. The first-order chi connectivity index (χ1) is 10.0. The molecule has 1 amide bonds. The van der Waals surface area contributed by atoms with Crippen LogP contribution >= 0.6 is 22.6 Å². The number of amides is 1. The fourth-order valence-corrected chi connectivity index (χ4v) is 2.31. The minimum Gasteiger partial charge on any atom is -0.409 e. The summed E-state index contributed by atoms with van der Waals surface area (Å²) in [7, 11) is 0. The lowest BCUT2D eigenvalue weighted by Gasteiger charge is -2.11. The molecular formula is C14H11FIN3O2. The van der Waals surface area contributed by atoms with Crippen molar-refractivity contribution in [3.8, 4) is 0 Å². The van der Waals surface area contributed by atoms with Crippen molar-refractivity contribution in [3.05, 3.63) is 63.0 Å². The fourth-order valence-electron chi connectivity index (χ4n) is 1.76. The van der Waals surface area contributed by atoms with E-state index in [9.17, 15) is 9.18 Å². The monoisotopic (exact) mass is 399 g/mol. The van der Waals surface area contributed by atoms with Gasteiger partial charge in [-0.25, -0.2) is 4.39 Å². The summed E-state index contributed by atoms with van der Waals surface area (Å²) >= 11 is 2.09. The second kappa shape index (κ2) is 6.53. The molecule has 4 N–H and O–H groups in total. The summed E-state index contributed by atoms with van der Waals surface area (Å²) in [6.07, 6.45) is 0. The molecular weight excluding hydrogens is 388 g/mol. The van der Waals surface area contributed by atoms with Crippen LogP contribution in [-0.4, -0.2) is 17.0 Å². The van der Waals surface area contributed by atoms with Gasteiger partial charge in [0.15, 0.2) is 5.84 Å². The molecule has 0 radical (unpaired) electrons. The Labute approximate surface area is 133 Å². The Hall–Kier alpha value is -2.16. The SMILES string of the molecule is N/C(=N/O)c1c(F)cccc1NC(=O)c1cccc(I)c1. The highest BCUT2D eigenvalue weighted by Gasteiger charge is 2.15. The van der Waals surface area contributed by atoms with Crippen LogP contribution in [0, 0.1) is 9.39 Å². The molecule has 2 rings (SSSR count). The maximum Gasteiger partial charge on any atom is 0.255 e. The van der Waals surface area contributed by atoms with Gasteiger partial charge in [-0.2, -0.15) is 0 Å². The molecule has 0 aromatic heterocycles. The summed E-state index contributed by atoms with van der Waals surface area (Å²) in [5.74, 6) is -1.51. The number of carbonyl (C=O) groups is 1. The van der Waals surface area contributed by atoms with Gasteiger partial charge < -0.3 is 16.3 Å². The molecule has 0 aliphatic heterocycles. The van der Waals surface area contributed by atoms with Crippen molar-refractivity contribution in [1.29, 1.82) is 0 Å². The number of oxime groups is 1. The maximum atomic E-state index is 13.8. The average Bonchev–Trinajstić information content (AvgIpc) is 2.46. The highest BCUT2D eigenvalue weighted by Crippen LogP contribution is 2.20. The molecule has 0 unspecified atom stereocenters. The third-order valence-electron chi connectivity index (χ3n) is 2.71. The van der Waals surface area contributed by atoms with E-state index < -0.39 is 17.6 Å². The summed E-state index contributed by atoms with van der Waals surface area (Å²) in [6, 6.07) is 11.0. The molecule has 7 heteroatoms. The van der Waals surface area contributed by atoms with Crippen LogP contribution in [0.3, 0.4) is 0 Å². The third-order valence-corrected chi connectivity index (χ3v) is 3.38. The Morgan fingerprint density at radius 2 is 2.00 bits per heavy atom. The van der Waals surface area contributed by atoms with Crippen molar-refractivity contribution in [2.24, 2.45) is 10.9 Å². The van der Waals surface area contributed by atoms with Gasteiger partial charge in [-0.15, -0.1) is 0 Å². The standard InChI is InChI=1S/C14H11FIN3O2/c15-10-5-2-6-11(12(10)13(17)19-21)18-14(20)8-3-1-4-9(16)7-8/h1-7,21H,(H2,17,19)(H,18,20). The van der Waals surface area contributed by atoms with E-state index in [0.29, 0.717) is 5.56 Å². The van der Waals surface area contributed by atoms with E-state index in [4.69, 9.17) is 10.9 Å². The molecule has 0 bridgehead atoms. The Bertz CT molecular complexity index is 719. The molecule has 0 saturated heterocycles. The predicted octanol–water partition coefficient (Wildman–Crippen LogP) is 2.78. The summed E-state index contributed by atoms with van der Waals surface area (Å²) in [6.45, 7) is 0. The van der Waals surface area contributed by atoms with E-state index in [2.05, 4.69) is 33.1 Å². The first-order valence-electron chi connectivity index (χ1n) is 5.86. The van der Waals surface area contributed by atoms with Gasteiger partial charge in [0, 0.05) is 9.13 Å². The Morgan fingerprint density at radius 1 is 1.29 bits per heavy atom. The Balaban J connectivity index is 2.36. The minimum absolute atomic E-state index is 0.133. The van der Waals surface area contributed by atoms with Gasteiger partial charge in [0.2, 0.25) is 0 Å². The highest BCUT2D eigenvalue weighted by molar-refractivity contribution is 14.1. The van der Waals surface area contributed by atoms with E-state index in [1.807, 2.05) is 6.07 Å². The van der Waals surface area contributed by atoms with Crippen LogP contribution in [0.2, 0.25) is 0 Å². The summed E-state index contributed by atoms with van der Waals surface area (Å²) in [5.41, 5.74) is 5.85. The molecule has 0 fully saturated rings. The molecule has 2 aromatic carbocycles. The smallest absolute Gasteiger partial charge is 0.255 e. The van der Waals surface area contributed by atoms with Crippen molar-refractivity contribution in [2.45, 2.75) is 0 Å². The third kappa shape index (κ3) is 3.48. The van der Waals surface area contributed by atoms with Gasteiger partial charge in [-0.1, -0.05) is 17.3 Å². The lowest BCUT2D eigenvalue weighted by atomic mass is 10.1. The zero-order valence-electron chi connectivity index (χ0n) is 10.7. The zero-order valence-corrected chi connectivity index (χ0v) is 12.8. The van der Waals surface area contributed by atoms with Crippen molar-refractivity contribution >= 4 is 40.0 Å². The van der Waals surface area contributed by atoms with Crippen LogP contribution < -0.4 is 11.1 Å². The van der Waals surface area contributed by atoms with E-state index in [0.717, 1.165) is 9.64 Å². The number of benzene rings is 2. The molecule has 108 valence electrons. The van der Waals surface area contributed by atoms with Crippen LogP contribution in [0.1, 0.15) is 15.9 Å². The van der Waals surface area contributed by atoms with E-state index >= 15 is 0 Å². The van der Waals surface area contributed by atoms with Crippen LogP contribution in [0.15, 0.2) is 47.6 Å². The van der Waals surface area contributed by atoms with Gasteiger partial charge in [-0.3, -0.25) is 4.79 Å². The van der Waals surface area contributed by atoms with E-state index in [1.54, 1.807) is 18.2 Å². The first-order valence-corrected chi connectivity index (χ1v) is 6.94. The minimum atomic E-state index is -0.689. The van der Waals surface area contributed by atoms with Crippen molar-refractivity contribution in [1.82, 2.24) is 0 Å². The van der Waals surface area contributed by atoms with Crippen LogP contribution in [0.5, 0.6) is 0 Å². The molecule has 0 aliphatic carbocycles. The molecule has 0 saturated carbocycles. The molecule has 0 atom stereocenters. The van der Waals surface area contributed by atoms with Crippen LogP contribution in [-0.2, 0) is 0 Å². The highest BCUT2D eigenvalue weighted by atomic mass is 127. The number of anilines is 1. The van der Waals surface area contributed by atoms with Crippen molar-refractivity contribution in [2.75, 3.05) is 5.32 Å². The largest absolute Gasteiger partial charge is 0.409 e. The number of hydrogen-bond acceptors (Lipinski definition) is 3. The number of nitrogens with zero attached hydrogens (tertiary/aromatic N) is 1. The molecule has 0 heterocycles. The average molecular weight is 399 g/mol. The molecule has 0 spiro atoms. The number of nitrogens with one attached hydrogen (secondary N) is 1. The first kappa shape index (κ1) is 15.2. The topological polar surface area (TPSA) is 87.7 Å². The van der Waals surface area contributed by atoms with Crippen LogP contribution in [0.25, 0.3) is 0 Å².